The van der Waals surface area contributed by atoms with Gasteiger partial charge in [0.25, 0.3) is 0 Å². The fourth-order valence-corrected chi connectivity index (χ4v) is 3.80. The maximum atomic E-state index is 4.25. The summed E-state index contributed by atoms with van der Waals surface area (Å²) in [6.45, 7) is 5.64. The van der Waals surface area contributed by atoms with Gasteiger partial charge in [0, 0.05) is 23.8 Å². The number of rotatable bonds is 4. The van der Waals surface area contributed by atoms with E-state index in [4.69, 9.17) is 0 Å². The van der Waals surface area contributed by atoms with E-state index in [9.17, 15) is 0 Å². The molecule has 1 aliphatic carbocycles. The molecule has 2 nitrogen and oxygen atoms in total. The minimum absolute atomic E-state index is 0.476. The molecule has 3 atom stereocenters. The largest absolute Gasteiger partial charge is 0.310 e. The lowest BCUT2D eigenvalue weighted by atomic mass is 9.84. The summed E-state index contributed by atoms with van der Waals surface area (Å²) in [5.41, 5.74) is 1.45. The van der Waals surface area contributed by atoms with Crippen molar-refractivity contribution in [1.29, 1.82) is 0 Å². The first kappa shape index (κ1) is 13.6. The molecule has 3 unspecified atom stereocenters. The van der Waals surface area contributed by atoms with E-state index in [1.54, 1.807) is 0 Å². The third kappa shape index (κ3) is 2.45. The Balaban J connectivity index is 2.05. The molecule has 1 aromatic carbocycles. The molecule has 3 rings (SSSR count). The van der Waals surface area contributed by atoms with Crippen LogP contribution < -0.4 is 5.32 Å². The Labute approximate surface area is 121 Å². The molecule has 0 radical (unpaired) electrons. The smallest absolute Gasteiger partial charge is 0.0357 e. The Morgan fingerprint density at radius 2 is 2.20 bits per heavy atom. The third-order valence-corrected chi connectivity index (χ3v) is 4.83. The Kier molecular flexibility index (Phi) is 4.02. The summed E-state index contributed by atoms with van der Waals surface area (Å²) in [4.78, 5) is 4.25. The van der Waals surface area contributed by atoms with Crippen molar-refractivity contribution in [2.75, 3.05) is 6.54 Å². The van der Waals surface area contributed by atoms with Gasteiger partial charge in [-0.15, -0.1) is 0 Å². The molecule has 0 saturated heterocycles. The van der Waals surface area contributed by atoms with Crippen molar-refractivity contribution in [2.24, 2.45) is 11.8 Å². The van der Waals surface area contributed by atoms with Crippen molar-refractivity contribution in [3.63, 3.8) is 0 Å². The van der Waals surface area contributed by atoms with Gasteiger partial charge in [-0.05, 0) is 41.8 Å². The number of nitrogens with one attached hydrogen (secondary N) is 1. The van der Waals surface area contributed by atoms with E-state index >= 15 is 0 Å². The number of aromatic nitrogens is 1. The van der Waals surface area contributed by atoms with E-state index in [1.165, 1.54) is 35.6 Å². The lowest BCUT2D eigenvalue weighted by Crippen LogP contribution is -2.29. The summed E-state index contributed by atoms with van der Waals surface area (Å²) in [7, 11) is 0. The highest BCUT2D eigenvalue weighted by Crippen LogP contribution is 2.41. The van der Waals surface area contributed by atoms with E-state index in [0.717, 1.165) is 18.4 Å². The second-order valence-corrected chi connectivity index (χ2v) is 6.05. The summed E-state index contributed by atoms with van der Waals surface area (Å²) in [6, 6.07) is 9.26. The zero-order chi connectivity index (χ0) is 13.9. The van der Waals surface area contributed by atoms with Crippen LogP contribution in [0.3, 0.4) is 0 Å². The van der Waals surface area contributed by atoms with Gasteiger partial charge in [-0.25, -0.2) is 0 Å². The van der Waals surface area contributed by atoms with E-state index < -0.39 is 0 Å². The van der Waals surface area contributed by atoms with Crippen LogP contribution in [0.4, 0.5) is 0 Å². The predicted octanol–water partition coefficient (Wildman–Crippen LogP) is 4.32. The van der Waals surface area contributed by atoms with Gasteiger partial charge < -0.3 is 5.32 Å². The second-order valence-electron chi connectivity index (χ2n) is 6.05. The van der Waals surface area contributed by atoms with Crippen molar-refractivity contribution >= 4 is 10.8 Å². The molecule has 0 aliphatic heterocycles. The van der Waals surface area contributed by atoms with Gasteiger partial charge in [0.1, 0.15) is 0 Å². The van der Waals surface area contributed by atoms with Crippen molar-refractivity contribution < 1.29 is 0 Å². The molecular weight excluding hydrogens is 244 g/mol. The van der Waals surface area contributed by atoms with Crippen molar-refractivity contribution in [2.45, 2.75) is 39.2 Å². The number of nitrogens with zero attached hydrogens (tertiary/aromatic N) is 1. The number of hydrogen-bond donors (Lipinski definition) is 1. The summed E-state index contributed by atoms with van der Waals surface area (Å²) in [5.74, 6) is 1.57. The lowest BCUT2D eigenvalue weighted by Gasteiger charge is -2.29. The van der Waals surface area contributed by atoms with Crippen LogP contribution in [0.2, 0.25) is 0 Å². The molecule has 1 aromatic heterocycles. The highest BCUT2D eigenvalue weighted by atomic mass is 14.9. The summed E-state index contributed by atoms with van der Waals surface area (Å²) < 4.78 is 0. The van der Waals surface area contributed by atoms with Gasteiger partial charge in [-0.2, -0.15) is 0 Å². The topological polar surface area (TPSA) is 24.9 Å². The minimum Gasteiger partial charge on any atom is -0.310 e. The summed E-state index contributed by atoms with van der Waals surface area (Å²) in [5, 5.41) is 6.35. The molecule has 1 saturated carbocycles. The monoisotopic (exact) mass is 268 g/mol. The van der Waals surface area contributed by atoms with Crippen molar-refractivity contribution in [1.82, 2.24) is 10.3 Å². The van der Waals surface area contributed by atoms with Crippen LogP contribution in [-0.4, -0.2) is 11.5 Å². The quantitative estimate of drug-likeness (QED) is 0.893. The first-order valence-corrected chi connectivity index (χ1v) is 7.87. The van der Waals surface area contributed by atoms with E-state index in [2.05, 4.69) is 48.4 Å². The van der Waals surface area contributed by atoms with Gasteiger partial charge >= 0.3 is 0 Å². The maximum Gasteiger partial charge on any atom is 0.0357 e. The van der Waals surface area contributed by atoms with Crippen LogP contribution in [0.5, 0.6) is 0 Å². The molecular formula is C18H24N2. The minimum atomic E-state index is 0.476. The molecule has 0 amide bonds. The fourth-order valence-electron chi connectivity index (χ4n) is 3.80. The number of hydrogen-bond acceptors (Lipinski definition) is 2. The zero-order valence-electron chi connectivity index (χ0n) is 12.5. The van der Waals surface area contributed by atoms with Crippen molar-refractivity contribution in [3.05, 3.63) is 42.2 Å². The number of fused-ring (bicyclic) bond motifs is 1. The van der Waals surface area contributed by atoms with Gasteiger partial charge in [-0.1, -0.05) is 44.9 Å². The summed E-state index contributed by atoms with van der Waals surface area (Å²) in [6.07, 6.45) is 7.98. The highest BCUT2D eigenvalue weighted by molar-refractivity contribution is 5.85. The zero-order valence-corrected chi connectivity index (χ0v) is 12.5. The normalized spacial score (nSPS) is 24.1. The van der Waals surface area contributed by atoms with Crippen LogP contribution in [0, 0.1) is 11.8 Å². The Bertz CT molecular complexity index is 573. The number of benzene rings is 1. The van der Waals surface area contributed by atoms with Crippen LogP contribution >= 0.6 is 0 Å². The SMILES string of the molecule is CCNC(c1cccc2cnccc12)C1CCCC1C. The van der Waals surface area contributed by atoms with E-state index in [1.807, 2.05) is 12.4 Å². The second kappa shape index (κ2) is 5.92. The van der Waals surface area contributed by atoms with E-state index in [0.29, 0.717) is 6.04 Å². The standard InChI is InChI=1S/C18H24N2/c1-3-20-18(15-8-4-6-13(15)2)17-9-5-7-14-12-19-11-10-16(14)17/h5,7,9-13,15,18,20H,3-4,6,8H2,1-2H3. The number of pyridine rings is 1. The fraction of sp³-hybridized carbons (Fsp3) is 0.500. The Morgan fingerprint density at radius 3 is 2.95 bits per heavy atom. The van der Waals surface area contributed by atoms with Crippen LogP contribution in [0.1, 0.15) is 44.7 Å². The average molecular weight is 268 g/mol. The molecule has 106 valence electrons. The van der Waals surface area contributed by atoms with Crippen LogP contribution in [0.15, 0.2) is 36.7 Å². The molecule has 1 N–H and O–H groups in total. The van der Waals surface area contributed by atoms with Gasteiger partial charge in [0.15, 0.2) is 0 Å². The molecule has 2 heteroatoms. The molecule has 20 heavy (non-hydrogen) atoms. The maximum absolute atomic E-state index is 4.25. The molecule has 1 aliphatic rings. The highest BCUT2D eigenvalue weighted by Gasteiger charge is 2.32. The van der Waals surface area contributed by atoms with Crippen LogP contribution in [-0.2, 0) is 0 Å². The molecule has 0 bridgehead atoms. The predicted molar refractivity (Wildman–Crippen MR) is 84.7 cm³/mol. The van der Waals surface area contributed by atoms with Gasteiger partial charge in [0.2, 0.25) is 0 Å². The van der Waals surface area contributed by atoms with E-state index in [-0.39, 0.29) is 0 Å². The van der Waals surface area contributed by atoms with Gasteiger partial charge in [0.05, 0.1) is 0 Å². The molecule has 2 aromatic rings. The summed E-state index contributed by atoms with van der Waals surface area (Å²) >= 11 is 0. The molecule has 1 heterocycles. The first-order chi connectivity index (χ1) is 9.81. The molecule has 1 fully saturated rings. The van der Waals surface area contributed by atoms with Crippen molar-refractivity contribution in [3.8, 4) is 0 Å². The third-order valence-electron chi connectivity index (χ3n) is 4.83. The first-order valence-electron chi connectivity index (χ1n) is 7.87. The lowest BCUT2D eigenvalue weighted by molar-refractivity contribution is 0.307. The molecule has 0 spiro atoms. The van der Waals surface area contributed by atoms with Gasteiger partial charge in [-0.3, -0.25) is 4.98 Å². The van der Waals surface area contributed by atoms with Crippen LogP contribution in [0.25, 0.3) is 10.8 Å². The Morgan fingerprint density at radius 1 is 1.30 bits per heavy atom. The average Bonchev–Trinajstić information content (AvgIpc) is 2.90. The Hall–Kier alpha value is -1.41.